The lowest BCUT2D eigenvalue weighted by molar-refractivity contribution is 0.729. The molecule has 9 aromatic carbocycles. The molecule has 0 saturated carbocycles. The summed E-state index contributed by atoms with van der Waals surface area (Å²) in [6, 6.07) is 72.2. The van der Waals surface area contributed by atoms with Crippen LogP contribution < -0.4 is 0 Å². The minimum absolute atomic E-state index is 0.502. The van der Waals surface area contributed by atoms with E-state index in [4.69, 9.17) is 15.0 Å². The van der Waals surface area contributed by atoms with Crippen LogP contribution in [-0.2, 0) is 5.41 Å². The van der Waals surface area contributed by atoms with Gasteiger partial charge in [-0.25, -0.2) is 15.0 Å². The molecule has 0 unspecified atom stereocenters. The van der Waals surface area contributed by atoms with Crippen LogP contribution in [0.2, 0.25) is 0 Å². The van der Waals surface area contributed by atoms with Gasteiger partial charge in [0.05, 0.1) is 5.41 Å². The topological polar surface area (TPSA) is 38.7 Å². The van der Waals surface area contributed by atoms with Gasteiger partial charge in [0.1, 0.15) is 0 Å². The second-order valence-electron chi connectivity index (χ2n) is 15.1. The van der Waals surface area contributed by atoms with E-state index in [-0.39, 0.29) is 0 Å². The molecule has 1 aliphatic heterocycles. The molecule has 2 aliphatic rings. The number of hydrogen-bond acceptors (Lipinski definition) is 4. The molecular weight excluding hydrogens is 723 g/mol. The van der Waals surface area contributed by atoms with Gasteiger partial charge in [-0.1, -0.05) is 212 Å². The maximum absolute atomic E-state index is 5.01. The highest BCUT2D eigenvalue weighted by atomic mass is 32.2. The van der Waals surface area contributed by atoms with Crippen molar-refractivity contribution in [1.29, 1.82) is 0 Å². The molecule has 12 rings (SSSR count). The van der Waals surface area contributed by atoms with Crippen LogP contribution in [0.25, 0.3) is 78.0 Å². The van der Waals surface area contributed by atoms with Crippen LogP contribution in [-0.4, -0.2) is 15.0 Å². The van der Waals surface area contributed by atoms with Gasteiger partial charge >= 0.3 is 0 Å². The quantitative estimate of drug-likeness (QED) is 0.179. The van der Waals surface area contributed by atoms with Gasteiger partial charge in [-0.15, -0.1) is 0 Å². The Morgan fingerprint density at radius 2 is 0.759 bits per heavy atom. The molecule has 1 aromatic heterocycles. The lowest BCUT2D eigenvalue weighted by Crippen LogP contribution is -2.32. The minimum atomic E-state index is -0.502. The Bertz CT molecular complexity index is 3110. The molecule has 58 heavy (non-hydrogen) atoms. The molecule has 4 heteroatoms. The third-order valence-corrected chi connectivity index (χ3v) is 13.3. The van der Waals surface area contributed by atoms with E-state index in [0.717, 1.165) is 22.3 Å². The second kappa shape index (κ2) is 13.0. The Kier molecular flexibility index (Phi) is 7.38. The molecule has 0 radical (unpaired) electrons. The molecule has 1 aliphatic carbocycles. The molecule has 270 valence electrons. The van der Waals surface area contributed by atoms with Gasteiger partial charge in [-0.3, -0.25) is 0 Å². The fourth-order valence-electron chi connectivity index (χ4n) is 9.43. The zero-order valence-electron chi connectivity index (χ0n) is 31.3. The maximum atomic E-state index is 5.01. The summed E-state index contributed by atoms with van der Waals surface area (Å²) >= 11 is 1.93. The summed E-state index contributed by atoms with van der Waals surface area (Å²) in [5, 5.41) is 5.12. The molecule has 2 heterocycles. The van der Waals surface area contributed by atoms with Gasteiger partial charge in [0.15, 0.2) is 17.5 Å². The summed E-state index contributed by atoms with van der Waals surface area (Å²) in [4.78, 5) is 17.6. The van der Waals surface area contributed by atoms with Crippen LogP contribution in [0.4, 0.5) is 0 Å². The van der Waals surface area contributed by atoms with E-state index in [2.05, 4.69) is 140 Å². The minimum Gasteiger partial charge on any atom is -0.208 e. The van der Waals surface area contributed by atoms with E-state index in [1.807, 2.05) is 72.4 Å². The van der Waals surface area contributed by atoms with Crippen LogP contribution in [0.1, 0.15) is 22.3 Å². The van der Waals surface area contributed by atoms with E-state index in [1.165, 1.54) is 70.3 Å². The number of hydrogen-bond donors (Lipinski definition) is 0. The van der Waals surface area contributed by atoms with Crippen molar-refractivity contribution in [1.82, 2.24) is 15.0 Å². The van der Waals surface area contributed by atoms with Crippen LogP contribution in [0.3, 0.4) is 0 Å². The summed E-state index contributed by atoms with van der Waals surface area (Å²) in [6.07, 6.45) is 0. The standard InChI is InChI=1S/C54H33N3S/c1-3-16-37(17-4-1)51-55-52(38-18-5-2-6-19-38)57-53(56-51)39-28-26-36(27-29-39)40-23-13-25-45-48(40)43-22-11-12-24-44(43)54(45)46-32-30-34-14-7-9-20-41(34)49(46)58-50-42-21-10-8-15-35(42)31-33-47(50)54/h1-33H. The van der Waals surface area contributed by atoms with Crippen LogP contribution in [0.5, 0.6) is 0 Å². The Balaban J connectivity index is 1.06. The van der Waals surface area contributed by atoms with Crippen molar-refractivity contribution in [2.24, 2.45) is 0 Å². The molecular formula is C54H33N3S. The summed E-state index contributed by atoms with van der Waals surface area (Å²) in [6.45, 7) is 0. The van der Waals surface area contributed by atoms with Gasteiger partial charge in [0.25, 0.3) is 0 Å². The Morgan fingerprint density at radius 3 is 1.34 bits per heavy atom. The Hall–Kier alpha value is -7.14. The molecule has 10 aromatic rings. The average molecular weight is 756 g/mol. The van der Waals surface area contributed by atoms with Crippen molar-refractivity contribution in [2.75, 3.05) is 0 Å². The lowest BCUT2D eigenvalue weighted by Gasteiger charge is -2.40. The normalized spacial score (nSPS) is 13.2. The predicted octanol–water partition coefficient (Wildman–Crippen LogP) is 13.7. The average Bonchev–Trinajstić information content (AvgIpc) is 3.60. The third kappa shape index (κ3) is 4.85. The number of fused-ring (bicyclic) bond motifs is 13. The summed E-state index contributed by atoms with van der Waals surface area (Å²) in [7, 11) is 0. The zero-order chi connectivity index (χ0) is 38.2. The van der Waals surface area contributed by atoms with Gasteiger partial charge in [0, 0.05) is 26.5 Å². The Labute approximate surface area is 340 Å². The predicted molar refractivity (Wildman–Crippen MR) is 238 cm³/mol. The molecule has 0 bridgehead atoms. The van der Waals surface area contributed by atoms with Crippen molar-refractivity contribution < 1.29 is 0 Å². The van der Waals surface area contributed by atoms with Gasteiger partial charge in [-0.2, -0.15) is 0 Å². The molecule has 0 atom stereocenters. The lowest BCUT2D eigenvalue weighted by atomic mass is 9.66. The highest BCUT2D eigenvalue weighted by molar-refractivity contribution is 8.00. The van der Waals surface area contributed by atoms with Crippen LogP contribution >= 0.6 is 11.8 Å². The third-order valence-electron chi connectivity index (χ3n) is 12.0. The maximum Gasteiger partial charge on any atom is 0.164 e. The number of nitrogens with zero attached hydrogens (tertiary/aromatic N) is 3. The molecule has 1 spiro atoms. The smallest absolute Gasteiger partial charge is 0.164 e. The van der Waals surface area contributed by atoms with Crippen molar-refractivity contribution in [3.8, 4) is 56.4 Å². The Morgan fingerprint density at radius 1 is 0.310 bits per heavy atom. The monoisotopic (exact) mass is 755 g/mol. The first-order chi connectivity index (χ1) is 28.8. The molecule has 0 amide bonds. The van der Waals surface area contributed by atoms with Gasteiger partial charge < -0.3 is 0 Å². The van der Waals surface area contributed by atoms with Crippen LogP contribution in [0.15, 0.2) is 210 Å². The van der Waals surface area contributed by atoms with E-state index < -0.39 is 5.41 Å². The fraction of sp³-hybridized carbons (Fsp3) is 0.0185. The van der Waals surface area contributed by atoms with Crippen molar-refractivity contribution >= 4 is 33.3 Å². The van der Waals surface area contributed by atoms with Crippen LogP contribution in [0, 0.1) is 0 Å². The second-order valence-corrected chi connectivity index (χ2v) is 16.1. The number of rotatable bonds is 4. The largest absolute Gasteiger partial charge is 0.208 e. The summed E-state index contributed by atoms with van der Waals surface area (Å²) in [5.41, 5.74) is 12.6. The van der Waals surface area contributed by atoms with Gasteiger partial charge in [-0.05, 0) is 66.1 Å². The number of aromatic nitrogens is 3. The summed E-state index contributed by atoms with van der Waals surface area (Å²) in [5.74, 6) is 1.96. The van der Waals surface area contributed by atoms with Gasteiger partial charge in [0.2, 0.25) is 0 Å². The zero-order valence-corrected chi connectivity index (χ0v) is 32.1. The van der Waals surface area contributed by atoms with Crippen molar-refractivity contribution in [3.63, 3.8) is 0 Å². The highest BCUT2D eigenvalue weighted by Gasteiger charge is 2.51. The number of benzene rings is 9. The summed E-state index contributed by atoms with van der Waals surface area (Å²) < 4.78 is 0. The van der Waals surface area contributed by atoms with Crippen molar-refractivity contribution in [2.45, 2.75) is 15.2 Å². The highest BCUT2D eigenvalue weighted by Crippen LogP contribution is 2.65. The molecule has 0 fully saturated rings. The molecule has 0 saturated heterocycles. The first kappa shape index (κ1) is 33.0. The van der Waals surface area contributed by atoms with E-state index in [1.54, 1.807) is 0 Å². The fourth-order valence-corrected chi connectivity index (χ4v) is 10.9. The van der Waals surface area contributed by atoms with E-state index in [0.29, 0.717) is 17.5 Å². The van der Waals surface area contributed by atoms with E-state index >= 15 is 0 Å². The first-order valence-corrected chi connectivity index (χ1v) is 20.5. The first-order valence-electron chi connectivity index (χ1n) is 19.7. The molecule has 0 N–H and O–H groups in total. The SMILES string of the molecule is c1ccc(-c2nc(-c3ccccc3)nc(-c3ccc(-c4cccc5c4-c4ccccc4C54c5ccc6ccccc6c5Sc5c4ccc4ccccc54)cc3)n2)cc1. The van der Waals surface area contributed by atoms with E-state index in [9.17, 15) is 0 Å². The van der Waals surface area contributed by atoms with Crippen molar-refractivity contribution in [3.05, 3.63) is 222 Å². The molecule has 3 nitrogen and oxygen atoms in total.